The fraction of sp³-hybridized carbons (Fsp3) is 0.400. The lowest BCUT2D eigenvalue weighted by Crippen LogP contribution is -2.39. The number of ether oxygens (including phenoxy) is 2. The SMILES string of the molecule is CC1c2cc3c(cc2CCN1S(=O)(=O)c1ccccc1C(F)(F)F)OCCCO3. The van der Waals surface area contributed by atoms with E-state index in [0.717, 1.165) is 28.4 Å². The Labute approximate surface area is 167 Å². The number of sulfonamides is 1. The summed E-state index contributed by atoms with van der Waals surface area (Å²) in [5, 5.41) is 0. The lowest BCUT2D eigenvalue weighted by atomic mass is 9.94. The third kappa shape index (κ3) is 3.57. The number of alkyl halides is 3. The van der Waals surface area contributed by atoms with E-state index in [4.69, 9.17) is 9.47 Å². The van der Waals surface area contributed by atoms with Crippen LogP contribution >= 0.6 is 0 Å². The predicted octanol–water partition coefficient (Wildman–Crippen LogP) is 4.17. The van der Waals surface area contributed by atoms with Crippen molar-refractivity contribution in [2.75, 3.05) is 19.8 Å². The van der Waals surface area contributed by atoms with Crippen LogP contribution in [0.5, 0.6) is 11.5 Å². The van der Waals surface area contributed by atoms with Crippen LogP contribution in [0.1, 0.15) is 36.1 Å². The van der Waals surface area contributed by atoms with Gasteiger partial charge in [0.05, 0.1) is 23.7 Å². The van der Waals surface area contributed by atoms with Gasteiger partial charge in [-0.15, -0.1) is 0 Å². The van der Waals surface area contributed by atoms with Crippen LogP contribution in [0.4, 0.5) is 13.2 Å². The van der Waals surface area contributed by atoms with Gasteiger partial charge in [-0.2, -0.15) is 17.5 Å². The van der Waals surface area contributed by atoms with Crippen LogP contribution in [0.25, 0.3) is 0 Å². The highest BCUT2D eigenvalue weighted by Crippen LogP contribution is 2.42. The summed E-state index contributed by atoms with van der Waals surface area (Å²) < 4.78 is 79.1. The van der Waals surface area contributed by atoms with Gasteiger partial charge in [0.15, 0.2) is 11.5 Å². The molecule has 0 bridgehead atoms. The molecule has 2 aromatic carbocycles. The molecule has 2 aliphatic heterocycles. The van der Waals surface area contributed by atoms with E-state index in [9.17, 15) is 21.6 Å². The first-order valence-corrected chi connectivity index (χ1v) is 10.7. The van der Waals surface area contributed by atoms with E-state index in [-0.39, 0.29) is 6.54 Å². The van der Waals surface area contributed by atoms with Gasteiger partial charge in [-0.1, -0.05) is 12.1 Å². The maximum absolute atomic E-state index is 13.4. The molecule has 0 amide bonds. The van der Waals surface area contributed by atoms with Gasteiger partial charge in [-0.25, -0.2) is 8.42 Å². The largest absolute Gasteiger partial charge is 0.490 e. The highest BCUT2D eigenvalue weighted by atomic mass is 32.2. The van der Waals surface area contributed by atoms with Gasteiger partial charge in [0, 0.05) is 19.0 Å². The van der Waals surface area contributed by atoms with Gasteiger partial charge in [-0.05, 0) is 48.7 Å². The zero-order valence-electron chi connectivity index (χ0n) is 15.7. The van der Waals surface area contributed by atoms with Crippen molar-refractivity contribution >= 4 is 10.0 Å². The minimum absolute atomic E-state index is 0.0857. The van der Waals surface area contributed by atoms with E-state index in [2.05, 4.69) is 0 Å². The Morgan fingerprint density at radius 3 is 2.41 bits per heavy atom. The summed E-state index contributed by atoms with van der Waals surface area (Å²) >= 11 is 0. The number of halogens is 3. The molecular formula is C20H20F3NO4S. The van der Waals surface area contributed by atoms with E-state index in [1.165, 1.54) is 12.1 Å². The Bertz CT molecular complexity index is 1040. The van der Waals surface area contributed by atoms with Gasteiger partial charge in [0.25, 0.3) is 0 Å². The summed E-state index contributed by atoms with van der Waals surface area (Å²) in [5.74, 6) is 1.15. The van der Waals surface area contributed by atoms with Crippen molar-refractivity contribution in [2.45, 2.75) is 36.9 Å². The van der Waals surface area contributed by atoms with Crippen molar-refractivity contribution in [3.05, 3.63) is 53.1 Å². The third-order valence-electron chi connectivity index (χ3n) is 5.27. The van der Waals surface area contributed by atoms with Crippen molar-refractivity contribution in [3.63, 3.8) is 0 Å². The number of fused-ring (bicyclic) bond motifs is 2. The molecule has 0 saturated heterocycles. The number of rotatable bonds is 2. The number of benzene rings is 2. The lowest BCUT2D eigenvalue weighted by Gasteiger charge is -2.35. The molecule has 2 aliphatic rings. The van der Waals surface area contributed by atoms with Crippen LogP contribution in [0.3, 0.4) is 0 Å². The molecule has 0 aromatic heterocycles. The van der Waals surface area contributed by atoms with Crippen LogP contribution in [0.15, 0.2) is 41.3 Å². The van der Waals surface area contributed by atoms with Crippen LogP contribution in [0.2, 0.25) is 0 Å². The molecule has 156 valence electrons. The molecule has 9 heteroatoms. The van der Waals surface area contributed by atoms with E-state index in [1.807, 2.05) is 6.07 Å². The second kappa shape index (κ2) is 7.21. The molecule has 0 fully saturated rings. The molecule has 0 N–H and O–H groups in total. The second-order valence-electron chi connectivity index (χ2n) is 7.08. The van der Waals surface area contributed by atoms with E-state index < -0.39 is 32.7 Å². The van der Waals surface area contributed by atoms with Crippen molar-refractivity contribution < 1.29 is 31.1 Å². The van der Waals surface area contributed by atoms with Crippen LogP contribution < -0.4 is 9.47 Å². The van der Waals surface area contributed by atoms with Crippen molar-refractivity contribution in [1.29, 1.82) is 0 Å². The molecule has 0 spiro atoms. The second-order valence-corrected chi connectivity index (χ2v) is 8.94. The Hall–Kier alpha value is -2.26. The number of hydrogen-bond acceptors (Lipinski definition) is 4. The summed E-state index contributed by atoms with van der Waals surface area (Å²) in [7, 11) is -4.35. The third-order valence-corrected chi connectivity index (χ3v) is 7.30. The molecule has 0 radical (unpaired) electrons. The Morgan fingerprint density at radius 1 is 1.07 bits per heavy atom. The summed E-state index contributed by atoms with van der Waals surface area (Å²) in [6.07, 6.45) is -3.64. The molecule has 4 rings (SSSR count). The molecule has 2 aromatic rings. The zero-order valence-corrected chi connectivity index (χ0v) is 16.5. The summed E-state index contributed by atoms with van der Waals surface area (Å²) in [6.45, 7) is 2.79. The molecule has 29 heavy (non-hydrogen) atoms. The van der Waals surface area contributed by atoms with Gasteiger partial charge in [0.1, 0.15) is 0 Å². The van der Waals surface area contributed by atoms with Gasteiger partial charge in [-0.3, -0.25) is 0 Å². The summed E-state index contributed by atoms with van der Waals surface area (Å²) in [5.41, 5.74) is 0.475. The minimum Gasteiger partial charge on any atom is -0.490 e. The van der Waals surface area contributed by atoms with Gasteiger partial charge < -0.3 is 9.47 Å². The fourth-order valence-electron chi connectivity index (χ4n) is 3.83. The predicted molar refractivity (Wildman–Crippen MR) is 99.5 cm³/mol. The molecule has 5 nitrogen and oxygen atoms in total. The summed E-state index contributed by atoms with van der Waals surface area (Å²) in [4.78, 5) is -0.725. The zero-order chi connectivity index (χ0) is 20.8. The molecular weight excluding hydrogens is 407 g/mol. The quantitative estimate of drug-likeness (QED) is 0.722. The Kier molecular flexibility index (Phi) is 4.98. The van der Waals surface area contributed by atoms with Crippen LogP contribution in [0, 0.1) is 0 Å². The lowest BCUT2D eigenvalue weighted by molar-refractivity contribution is -0.139. The van der Waals surface area contributed by atoms with E-state index >= 15 is 0 Å². The first kappa shape index (κ1) is 20.0. The van der Waals surface area contributed by atoms with Crippen molar-refractivity contribution in [3.8, 4) is 11.5 Å². The molecule has 1 unspecified atom stereocenters. The first-order valence-electron chi connectivity index (χ1n) is 9.30. The van der Waals surface area contributed by atoms with E-state index in [1.54, 1.807) is 13.0 Å². The smallest absolute Gasteiger partial charge is 0.417 e. The highest BCUT2D eigenvalue weighted by Gasteiger charge is 2.41. The maximum atomic E-state index is 13.4. The molecule has 1 atom stereocenters. The molecule has 2 heterocycles. The fourth-order valence-corrected chi connectivity index (χ4v) is 5.66. The average Bonchev–Trinajstić information content (AvgIpc) is 2.91. The van der Waals surface area contributed by atoms with Crippen LogP contribution in [-0.2, 0) is 22.6 Å². The molecule has 0 saturated carbocycles. The topological polar surface area (TPSA) is 55.8 Å². The monoisotopic (exact) mass is 427 g/mol. The van der Waals surface area contributed by atoms with Gasteiger partial charge in [0.2, 0.25) is 10.0 Å². The minimum atomic E-state index is -4.76. The highest BCUT2D eigenvalue weighted by molar-refractivity contribution is 7.89. The number of nitrogens with zero attached hydrogens (tertiary/aromatic N) is 1. The normalized spacial score (nSPS) is 20.1. The van der Waals surface area contributed by atoms with Crippen molar-refractivity contribution in [1.82, 2.24) is 4.31 Å². The average molecular weight is 427 g/mol. The summed E-state index contributed by atoms with van der Waals surface area (Å²) in [6, 6.07) is 7.24. The Balaban J connectivity index is 1.75. The van der Waals surface area contributed by atoms with Crippen LogP contribution in [-0.4, -0.2) is 32.5 Å². The van der Waals surface area contributed by atoms with Crippen molar-refractivity contribution in [2.24, 2.45) is 0 Å². The first-order chi connectivity index (χ1) is 13.7. The molecule has 0 aliphatic carbocycles. The standard InChI is InChI=1S/C20H20F3NO4S/c1-13-15-12-18-17(27-9-4-10-28-18)11-14(15)7-8-24(13)29(25,26)19-6-3-2-5-16(19)20(21,22)23/h2-3,5-6,11-13H,4,7-10H2,1H3. The van der Waals surface area contributed by atoms with E-state index in [0.29, 0.717) is 36.7 Å². The van der Waals surface area contributed by atoms with Gasteiger partial charge >= 0.3 is 6.18 Å². The maximum Gasteiger partial charge on any atom is 0.417 e. The Morgan fingerprint density at radius 2 is 1.72 bits per heavy atom. The number of hydrogen-bond donors (Lipinski definition) is 0.